The lowest BCUT2D eigenvalue weighted by atomic mass is 10.4. The normalized spacial score (nSPS) is 10.8. The van der Waals surface area contributed by atoms with E-state index in [0.717, 1.165) is 0 Å². The van der Waals surface area contributed by atoms with Crippen LogP contribution in [0.4, 0.5) is 10.7 Å². The molecule has 2 aromatic rings. The molecule has 0 atom stereocenters. The molecular formula is C13H14N4O4S. The summed E-state index contributed by atoms with van der Waals surface area (Å²) in [4.78, 5) is 19.6. The number of nitrogens with one attached hydrogen (secondary N) is 2. The Kier molecular flexibility index (Phi) is 4.56. The summed E-state index contributed by atoms with van der Waals surface area (Å²) in [6.07, 6.45) is 0. The second kappa shape index (κ2) is 6.39. The average Bonchev–Trinajstić information content (AvgIpc) is 2.46. The van der Waals surface area contributed by atoms with Crippen LogP contribution in [-0.4, -0.2) is 31.5 Å². The molecule has 0 radical (unpaired) electrons. The van der Waals surface area contributed by atoms with Crippen LogP contribution in [0.1, 0.15) is 5.69 Å². The van der Waals surface area contributed by atoms with Crippen molar-refractivity contribution >= 4 is 22.0 Å². The number of nitrogens with zero attached hydrogens (tertiary/aromatic N) is 2. The predicted octanol–water partition coefficient (Wildman–Crippen LogP) is 1.30. The SMILES string of the molecule is COc1cc(C)nc(NC(=O)NS(=O)(=O)c2ccccc2)n1. The maximum absolute atomic E-state index is 12.0. The number of sulfonamides is 1. The van der Waals surface area contributed by atoms with Gasteiger partial charge in [0.2, 0.25) is 11.8 Å². The zero-order chi connectivity index (χ0) is 16.2. The van der Waals surface area contributed by atoms with Crippen LogP contribution < -0.4 is 14.8 Å². The van der Waals surface area contributed by atoms with Crippen molar-refractivity contribution in [2.24, 2.45) is 0 Å². The number of hydrogen-bond donors (Lipinski definition) is 2. The number of hydrogen-bond acceptors (Lipinski definition) is 6. The van der Waals surface area contributed by atoms with Crippen molar-refractivity contribution in [3.8, 4) is 5.88 Å². The molecule has 0 bridgehead atoms. The second-order valence-electron chi connectivity index (χ2n) is 4.25. The molecule has 0 unspecified atom stereocenters. The number of rotatable bonds is 4. The lowest BCUT2D eigenvalue weighted by Gasteiger charge is -2.08. The molecule has 1 heterocycles. The summed E-state index contributed by atoms with van der Waals surface area (Å²) in [6.45, 7) is 1.69. The number of benzene rings is 1. The summed E-state index contributed by atoms with van der Waals surface area (Å²) >= 11 is 0. The van der Waals surface area contributed by atoms with E-state index in [1.807, 2.05) is 4.72 Å². The molecule has 22 heavy (non-hydrogen) atoms. The fourth-order valence-corrected chi connectivity index (χ4v) is 2.54. The molecule has 2 amide bonds. The van der Waals surface area contributed by atoms with Crippen LogP contribution in [0.15, 0.2) is 41.3 Å². The van der Waals surface area contributed by atoms with Gasteiger partial charge in [0.15, 0.2) is 0 Å². The first-order valence-electron chi connectivity index (χ1n) is 6.19. The number of carbonyl (C=O) groups excluding carboxylic acids is 1. The largest absolute Gasteiger partial charge is 0.481 e. The number of ether oxygens (including phenoxy) is 1. The number of aryl methyl sites for hydroxylation is 1. The van der Waals surface area contributed by atoms with Crippen LogP contribution in [0, 0.1) is 6.92 Å². The number of amides is 2. The Bertz CT molecular complexity index is 778. The summed E-state index contributed by atoms with van der Waals surface area (Å²) in [5.74, 6) is 0.200. The van der Waals surface area contributed by atoms with Crippen molar-refractivity contribution < 1.29 is 17.9 Å². The Morgan fingerprint density at radius 1 is 1.18 bits per heavy atom. The van der Waals surface area contributed by atoms with Gasteiger partial charge in [-0.05, 0) is 19.1 Å². The highest BCUT2D eigenvalue weighted by atomic mass is 32.2. The van der Waals surface area contributed by atoms with Crippen molar-refractivity contribution in [1.82, 2.24) is 14.7 Å². The molecule has 1 aromatic carbocycles. The maximum Gasteiger partial charge on any atom is 0.335 e. The molecule has 1 aromatic heterocycles. The molecule has 0 fully saturated rings. The Morgan fingerprint density at radius 3 is 2.50 bits per heavy atom. The highest BCUT2D eigenvalue weighted by Gasteiger charge is 2.18. The van der Waals surface area contributed by atoms with Gasteiger partial charge in [-0.15, -0.1) is 0 Å². The summed E-state index contributed by atoms with van der Waals surface area (Å²) in [5.41, 5.74) is 0.563. The Labute approximate surface area is 127 Å². The Hall–Kier alpha value is -2.68. The third kappa shape index (κ3) is 3.92. The van der Waals surface area contributed by atoms with Gasteiger partial charge in [0.25, 0.3) is 10.0 Å². The van der Waals surface area contributed by atoms with Crippen LogP contribution in [0.25, 0.3) is 0 Å². The molecule has 9 heteroatoms. The number of carbonyl (C=O) groups is 1. The van der Waals surface area contributed by atoms with Gasteiger partial charge in [-0.2, -0.15) is 4.98 Å². The van der Waals surface area contributed by atoms with Gasteiger partial charge in [0.05, 0.1) is 12.0 Å². The molecule has 0 aliphatic carbocycles. The molecule has 0 aliphatic heterocycles. The topological polar surface area (TPSA) is 110 Å². The first-order valence-corrected chi connectivity index (χ1v) is 7.67. The highest BCUT2D eigenvalue weighted by Crippen LogP contribution is 2.11. The van der Waals surface area contributed by atoms with Crippen molar-refractivity contribution in [2.45, 2.75) is 11.8 Å². The molecule has 0 saturated carbocycles. The predicted molar refractivity (Wildman–Crippen MR) is 79.1 cm³/mol. The van der Waals surface area contributed by atoms with Crippen LogP contribution in [0.3, 0.4) is 0 Å². The summed E-state index contributed by atoms with van der Waals surface area (Å²) in [7, 11) is -2.53. The van der Waals surface area contributed by atoms with E-state index >= 15 is 0 Å². The summed E-state index contributed by atoms with van der Waals surface area (Å²) in [5, 5.41) is 2.25. The van der Waals surface area contributed by atoms with Gasteiger partial charge in [0, 0.05) is 11.8 Å². The zero-order valence-electron chi connectivity index (χ0n) is 11.9. The molecule has 8 nitrogen and oxygen atoms in total. The van der Waals surface area contributed by atoms with Gasteiger partial charge in [-0.3, -0.25) is 5.32 Å². The maximum atomic E-state index is 12.0. The lowest BCUT2D eigenvalue weighted by molar-refractivity contribution is 0.256. The van der Waals surface area contributed by atoms with Gasteiger partial charge in [-0.1, -0.05) is 18.2 Å². The first-order chi connectivity index (χ1) is 10.4. The summed E-state index contributed by atoms with van der Waals surface area (Å²) < 4.78 is 30.8. The van der Waals surface area contributed by atoms with Crippen molar-refractivity contribution in [2.75, 3.05) is 12.4 Å². The molecular weight excluding hydrogens is 308 g/mol. The molecule has 0 spiro atoms. The van der Waals surface area contributed by atoms with Gasteiger partial charge < -0.3 is 4.74 Å². The Balaban J connectivity index is 2.12. The van der Waals surface area contributed by atoms with E-state index in [1.165, 1.54) is 19.2 Å². The number of methoxy groups -OCH3 is 1. The molecule has 0 aliphatic rings. The minimum Gasteiger partial charge on any atom is -0.481 e. The Morgan fingerprint density at radius 2 is 1.86 bits per heavy atom. The van der Waals surface area contributed by atoms with Crippen molar-refractivity contribution in [3.63, 3.8) is 0 Å². The van der Waals surface area contributed by atoms with Crippen LogP contribution in [0.5, 0.6) is 5.88 Å². The standard InChI is InChI=1S/C13H14N4O4S/c1-9-8-11(21-2)15-12(14-9)16-13(18)17-22(19,20)10-6-4-3-5-7-10/h3-8H,1-2H3,(H2,14,15,16,17,18). The third-order valence-corrected chi connectivity index (χ3v) is 3.89. The van der Waals surface area contributed by atoms with Crippen molar-refractivity contribution in [1.29, 1.82) is 0 Å². The van der Waals surface area contributed by atoms with E-state index in [4.69, 9.17) is 4.74 Å². The van der Waals surface area contributed by atoms with Crippen LogP contribution in [0.2, 0.25) is 0 Å². The fourth-order valence-electron chi connectivity index (χ4n) is 1.61. The first kappa shape index (κ1) is 15.7. The fraction of sp³-hybridized carbons (Fsp3) is 0.154. The summed E-state index contributed by atoms with van der Waals surface area (Å²) in [6, 6.07) is 8.15. The van der Waals surface area contributed by atoms with E-state index in [2.05, 4.69) is 15.3 Å². The van der Waals surface area contributed by atoms with E-state index < -0.39 is 16.1 Å². The minimum atomic E-state index is -3.95. The third-order valence-electron chi connectivity index (χ3n) is 2.55. The van der Waals surface area contributed by atoms with E-state index in [0.29, 0.717) is 5.69 Å². The molecule has 2 rings (SSSR count). The van der Waals surface area contributed by atoms with E-state index in [-0.39, 0.29) is 16.7 Å². The number of aromatic nitrogens is 2. The monoisotopic (exact) mass is 322 g/mol. The van der Waals surface area contributed by atoms with Crippen LogP contribution >= 0.6 is 0 Å². The van der Waals surface area contributed by atoms with Gasteiger partial charge in [0.1, 0.15) is 0 Å². The number of anilines is 1. The second-order valence-corrected chi connectivity index (χ2v) is 5.93. The minimum absolute atomic E-state index is 0.0205. The van der Waals surface area contributed by atoms with Gasteiger partial charge in [-0.25, -0.2) is 22.9 Å². The smallest absolute Gasteiger partial charge is 0.335 e. The van der Waals surface area contributed by atoms with Crippen LogP contribution in [-0.2, 0) is 10.0 Å². The molecule has 116 valence electrons. The average molecular weight is 322 g/mol. The van der Waals surface area contributed by atoms with Gasteiger partial charge >= 0.3 is 6.03 Å². The van der Waals surface area contributed by atoms with Crippen molar-refractivity contribution in [3.05, 3.63) is 42.1 Å². The zero-order valence-corrected chi connectivity index (χ0v) is 12.7. The molecule has 0 saturated heterocycles. The van der Waals surface area contributed by atoms with E-state index in [1.54, 1.807) is 31.2 Å². The molecule has 2 N–H and O–H groups in total. The highest BCUT2D eigenvalue weighted by molar-refractivity contribution is 7.90. The lowest BCUT2D eigenvalue weighted by Crippen LogP contribution is -2.34. The van der Waals surface area contributed by atoms with E-state index in [9.17, 15) is 13.2 Å². The number of urea groups is 1. The quantitative estimate of drug-likeness (QED) is 0.878.